The summed E-state index contributed by atoms with van der Waals surface area (Å²) in [5.74, 6) is 0. The smallest absolute Gasteiger partial charge is 0.0487 e. The molecule has 0 aliphatic rings. The van der Waals surface area contributed by atoms with Gasteiger partial charge in [0.25, 0.3) is 0 Å². The molecule has 0 bridgehead atoms. The fourth-order valence-corrected chi connectivity index (χ4v) is 1.54. The third kappa shape index (κ3) is 7.77. The Morgan fingerprint density at radius 1 is 1.20 bits per heavy atom. The van der Waals surface area contributed by atoms with Gasteiger partial charge in [-0.25, -0.2) is 0 Å². The van der Waals surface area contributed by atoms with Crippen LogP contribution in [-0.2, 0) is 9.47 Å². The summed E-state index contributed by atoms with van der Waals surface area (Å²) >= 11 is 0. The zero-order valence-corrected chi connectivity index (χ0v) is 10.8. The van der Waals surface area contributed by atoms with Crippen LogP contribution in [0.4, 0.5) is 0 Å². The Bertz CT molecular complexity index is 142. The highest BCUT2D eigenvalue weighted by Crippen LogP contribution is 2.24. The Morgan fingerprint density at radius 2 is 1.93 bits per heavy atom. The minimum atomic E-state index is 0.371. The monoisotopic (exact) mass is 217 g/mol. The number of methoxy groups -OCH3 is 1. The minimum Gasteiger partial charge on any atom is -0.385 e. The van der Waals surface area contributed by atoms with Gasteiger partial charge in [0.1, 0.15) is 0 Å². The van der Waals surface area contributed by atoms with Gasteiger partial charge in [-0.3, -0.25) is 0 Å². The van der Waals surface area contributed by atoms with Gasteiger partial charge in [-0.15, -0.1) is 0 Å². The molecule has 0 aliphatic carbocycles. The van der Waals surface area contributed by atoms with Gasteiger partial charge in [0.15, 0.2) is 0 Å². The summed E-state index contributed by atoms with van der Waals surface area (Å²) in [4.78, 5) is 0. The molecule has 0 aromatic carbocycles. The predicted octanol–water partition coefficient (Wildman–Crippen LogP) is 2.07. The lowest BCUT2D eigenvalue weighted by atomic mass is 9.84. The van der Waals surface area contributed by atoms with Gasteiger partial charge in [0, 0.05) is 33.5 Å². The van der Waals surface area contributed by atoms with Crippen molar-refractivity contribution in [3.8, 4) is 0 Å². The number of hydrogen-bond acceptors (Lipinski definition) is 3. The van der Waals surface area contributed by atoms with E-state index < -0.39 is 0 Å². The molecule has 3 heteroatoms. The maximum Gasteiger partial charge on any atom is 0.0487 e. The lowest BCUT2D eigenvalue weighted by Gasteiger charge is -2.27. The molecule has 0 aromatic heterocycles. The molecule has 0 spiro atoms. The van der Waals surface area contributed by atoms with E-state index in [2.05, 4.69) is 19.2 Å². The second-order valence-electron chi connectivity index (χ2n) is 4.40. The van der Waals surface area contributed by atoms with E-state index in [4.69, 9.17) is 9.47 Å². The Balaban J connectivity index is 3.46. The zero-order chi connectivity index (χ0) is 11.6. The van der Waals surface area contributed by atoms with Crippen LogP contribution in [0.5, 0.6) is 0 Å². The number of ether oxygens (including phenoxy) is 2. The fourth-order valence-electron chi connectivity index (χ4n) is 1.54. The molecule has 0 radical (unpaired) electrons. The van der Waals surface area contributed by atoms with Crippen LogP contribution < -0.4 is 5.32 Å². The maximum absolute atomic E-state index is 5.57. The molecule has 0 fully saturated rings. The van der Waals surface area contributed by atoms with Gasteiger partial charge >= 0.3 is 0 Å². The standard InChI is InChI=1S/C12H27NO2/c1-5-12(2,11-13-3)7-10-15-9-6-8-14-4/h13H,5-11H2,1-4H3. The van der Waals surface area contributed by atoms with Crippen molar-refractivity contribution in [2.75, 3.05) is 40.5 Å². The van der Waals surface area contributed by atoms with E-state index in [1.54, 1.807) is 7.11 Å². The van der Waals surface area contributed by atoms with Crippen molar-refractivity contribution in [2.45, 2.75) is 33.1 Å². The first-order valence-electron chi connectivity index (χ1n) is 5.90. The summed E-state index contributed by atoms with van der Waals surface area (Å²) in [6.07, 6.45) is 3.30. The van der Waals surface area contributed by atoms with Crippen molar-refractivity contribution in [2.24, 2.45) is 5.41 Å². The van der Waals surface area contributed by atoms with Gasteiger partial charge in [-0.1, -0.05) is 13.8 Å². The lowest BCUT2D eigenvalue weighted by molar-refractivity contribution is 0.0787. The zero-order valence-electron chi connectivity index (χ0n) is 10.8. The van der Waals surface area contributed by atoms with E-state index in [9.17, 15) is 0 Å². The molecule has 0 amide bonds. The molecule has 0 saturated heterocycles. The van der Waals surface area contributed by atoms with Gasteiger partial charge in [-0.05, 0) is 31.7 Å². The van der Waals surface area contributed by atoms with Crippen molar-refractivity contribution in [3.05, 3.63) is 0 Å². The molecule has 0 aromatic rings. The molecule has 0 rings (SSSR count). The largest absolute Gasteiger partial charge is 0.385 e. The van der Waals surface area contributed by atoms with E-state index in [0.717, 1.165) is 39.2 Å². The summed E-state index contributed by atoms with van der Waals surface area (Å²) in [5.41, 5.74) is 0.371. The summed E-state index contributed by atoms with van der Waals surface area (Å²) in [6, 6.07) is 0. The number of hydrogen-bond donors (Lipinski definition) is 1. The van der Waals surface area contributed by atoms with Crippen LogP contribution in [0.1, 0.15) is 33.1 Å². The van der Waals surface area contributed by atoms with Crippen molar-refractivity contribution < 1.29 is 9.47 Å². The second-order valence-corrected chi connectivity index (χ2v) is 4.40. The normalized spacial score (nSPS) is 15.2. The Kier molecular flexibility index (Phi) is 9.06. The summed E-state index contributed by atoms with van der Waals surface area (Å²) in [7, 11) is 3.73. The molecule has 92 valence electrons. The first-order valence-corrected chi connectivity index (χ1v) is 5.90. The molecule has 0 heterocycles. The highest BCUT2D eigenvalue weighted by Gasteiger charge is 2.20. The molecule has 1 N–H and O–H groups in total. The first-order chi connectivity index (χ1) is 7.18. The second kappa shape index (κ2) is 9.13. The summed E-state index contributed by atoms with van der Waals surface area (Å²) < 4.78 is 10.5. The SMILES string of the molecule is CCC(C)(CCOCCCOC)CNC. The maximum atomic E-state index is 5.57. The van der Waals surface area contributed by atoms with Crippen LogP contribution in [0.2, 0.25) is 0 Å². The lowest BCUT2D eigenvalue weighted by Crippen LogP contribution is -2.30. The van der Waals surface area contributed by atoms with Crippen LogP contribution in [0, 0.1) is 5.41 Å². The minimum absolute atomic E-state index is 0.371. The molecule has 15 heavy (non-hydrogen) atoms. The average molecular weight is 217 g/mol. The van der Waals surface area contributed by atoms with E-state index in [-0.39, 0.29) is 0 Å². The van der Waals surface area contributed by atoms with Crippen molar-refractivity contribution in [1.82, 2.24) is 5.32 Å². The molecule has 1 atom stereocenters. The van der Waals surface area contributed by atoms with E-state index in [1.807, 2.05) is 7.05 Å². The van der Waals surface area contributed by atoms with Crippen molar-refractivity contribution in [3.63, 3.8) is 0 Å². The van der Waals surface area contributed by atoms with Gasteiger partial charge in [0.05, 0.1) is 0 Å². The molecular weight excluding hydrogens is 190 g/mol. The van der Waals surface area contributed by atoms with Crippen LogP contribution in [0.3, 0.4) is 0 Å². The Morgan fingerprint density at radius 3 is 2.47 bits per heavy atom. The third-order valence-electron chi connectivity index (χ3n) is 2.94. The summed E-state index contributed by atoms with van der Waals surface area (Å²) in [6.45, 7) is 8.07. The molecule has 1 unspecified atom stereocenters. The highest BCUT2D eigenvalue weighted by atomic mass is 16.5. The van der Waals surface area contributed by atoms with Crippen molar-refractivity contribution >= 4 is 0 Å². The topological polar surface area (TPSA) is 30.5 Å². The van der Waals surface area contributed by atoms with Crippen LogP contribution in [0.25, 0.3) is 0 Å². The first kappa shape index (κ1) is 14.9. The molecule has 0 aliphatic heterocycles. The van der Waals surface area contributed by atoms with Gasteiger partial charge in [0.2, 0.25) is 0 Å². The average Bonchev–Trinajstić information content (AvgIpc) is 2.24. The quantitative estimate of drug-likeness (QED) is 0.568. The Labute approximate surface area is 94.5 Å². The van der Waals surface area contributed by atoms with Gasteiger partial charge < -0.3 is 14.8 Å². The van der Waals surface area contributed by atoms with E-state index in [0.29, 0.717) is 5.41 Å². The van der Waals surface area contributed by atoms with Crippen LogP contribution in [-0.4, -0.2) is 40.5 Å². The number of nitrogens with one attached hydrogen (secondary N) is 1. The number of rotatable bonds is 10. The van der Waals surface area contributed by atoms with E-state index >= 15 is 0 Å². The van der Waals surface area contributed by atoms with Crippen LogP contribution in [0.15, 0.2) is 0 Å². The molecule has 0 saturated carbocycles. The van der Waals surface area contributed by atoms with Crippen molar-refractivity contribution in [1.29, 1.82) is 0 Å². The highest BCUT2D eigenvalue weighted by molar-refractivity contribution is 4.74. The fraction of sp³-hybridized carbons (Fsp3) is 1.00. The molecular formula is C12H27NO2. The third-order valence-corrected chi connectivity index (χ3v) is 2.94. The van der Waals surface area contributed by atoms with E-state index in [1.165, 1.54) is 6.42 Å². The summed E-state index contributed by atoms with van der Waals surface area (Å²) in [5, 5.41) is 3.24. The molecule has 3 nitrogen and oxygen atoms in total. The van der Waals surface area contributed by atoms with Crippen LogP contribution >= 0.6 is 0 Å². The predicted molar refractivity (Wildman–Crippen MR) is 64.3 cm³/mol. The Hall–Kier alpha value is -0.120. The van der Waals surface area contributed by atoms with Gasteiger partial charge in [-0.2, -0.15) is 0 Å².